The fraction of sp³-hybridized carbons (Fsp3) is 0.444. The van der Waals surface area contributed by atoms with Crippen molar-refractivity contribution in [1.82, 2.24) is 0 Å². The van der Waals surface area contributed by atoms with Gasteiger partial charge in [0.15, 0.2) is 11.6 Å². The fourth-order valence-electron chi connectivity index (χ4n) is 3.49. The number of halogens is 6. The lowest BCUT2D eigenvalue weighted by Crippen LogP contribution is -2.21. The summed E-state index contributed by atoms with van der Waals surface area (Å²) in [4.78, 5) is 0. The van der Waals surface area contributed by atoms with Crippen LogP contribution in [-0.2, 0) is 11.8 Å². The van der Waals surface area contributed by atoms with E-state index < -0.39 is 34.6 Å². The molecule has 0 bridgehead atoms. The third kappa shape index (κ3) is 2.07. The van der Waals surface area contributed by atoms with E-state index in [4.69, 9.17) is 0 Å². The van der Waals surface area contributed by atoms with Crippen LogP contribution in [0.1, 0.15) is 61.8 Å². The topological polar surface area (TPSA) is 0 Å². The summed E-state index contributed by atoms with van der Waals surface area (Å²) in [7, 11) is 0. The van der Waals surface area contributed by atoms with Crippen LogP contribution in [0.2, 0.25) is 0 Å². The molecule has 24 heavy (non-hydrogen) atoms. The number of benzene rings is 1. The maximum atomic E-state index is 14.5. The van der Waals surface area contributed by atoms with E-state index in [0.717, 1.165) is 12.2 Å². The zero-order valence-corrected chi connectivity index (χ0v) is 13.3. The molecule has 0 saturated heterocycles. The quantitative estimate of drug-likeness (QED) is 0.543. The number of hydrogen-bond acceptors (Lipinski definition) is 0. The van der Waals surface area contributed by atoms with Gasteiger partial charge in [0.25, 0.3) is 11.8 Å². The van der Waals surface area contributed by atoms with Gasteiger partial charge in [-0.25, -0.2) is 8.78 Å². The largest absolute Gasteiger partial charge is 0.298 e. The predicted octanol–water partition coefficient (Wildman–Crippen LogP) is 6.54. The second-order valence-electron chi connectivity index (χ2n) is 6.19. The van der Waals surface area contributed by atoms with Crippen LogP contribution in [0.25, 0.3) is 12.2 Å². The molecule has 2 aliphatic rings. The predicted molar refractivity (Wildman–Crippen MR) is 79.9 cm³/mol. The molecule has 0 radical (unpaired) electrons. The van der Waals surface area contributed by atoms with E-state index in [1.807, 2.05) is 0 Å². The first-order valence-electron chi connectivity index (χ1n) is 7.91. The van der Waals surface area contributed by atoms with Gasteiger partial charge < -0.3 is 0 Å². The summed E-state index contributed by atoms with van der Waals surface area (Å²) >= 11 is 0. The Labute approximate surface area is 135 Å². The van der Waals surface area contributed by atoms with Crippen molar-refractivity contribution in [1.29, 1.82) is 0 Å². The number of hydrogen-bond donors (Lipinski definition) is 0. The molecule has 3 rings (SSSR count). The fourth-order valence-corrected chi connectivity index (χ4v) is 3.49. The summed E-state index contributed by atoms with van der Waals surface area (Å²) in [5.74, 6) is -11.1. The van der Waals surface area contributed by atoms with E-state index in [2.05, 4.69) is 0 Å². The molecule has 0 heterocycles. The smallest absolute Gasteiger partial charge is 0.203 e. The van der Waals surface area contributed by atoms with Gasteiger partial charge in [-0.3, -0.25) is 0 Å². The first-order chi connectivity index (χ1) is 11.2. The van der Waals surface area contributed by atoms with E-state index in [0.29, 0.717) is 12.8 Å². The first kappa shape index (κ1) is 17.1. The van der Waals surface area contributed by atoms with Gasteiger partial charge in [0.2, 0.25) is 0 Å². The minimum absolute atomic E-state index is 0.0144. The Morgan fingerprint density at radius 3 is 1.33 bits per heavy atom. The molecule has 0 saturated carbocycles. The van der Waals surface area contributed by atoms with Crippen molar-refractivity contribution < 1.29 is 26.3 Å². The number of rotatable bonds is 4. The Morgan fingerprint density at radius 2 is 1.04 bits per heavy atom. The molecule has 0 aromatic heterocycles. The van der Waals surface area contributed by atoms with Crippen LogP contribution in [0.3, 0.4) is 0 Å². The van der Waals surface area contributed by atoms with Crippen molar-refractivity contribution >= 4 is 12.2 Å². The van der Waals surface area contributed by atoms with E-state index in [1.165, 1.54) is 0 Å². The Balaban J connectivity index is 2.32. The molecule has 1 aromatic carbocycles. The molecule has 1 aromatic rings. The number of alkyl halides is 4. The lowest BCUT2D eigenvalue weighted by molar-refractivity contribution is 0.0279. The SMILES string of the molecule is CCCC1=Cc2c3c(c(F)c(F)c2C1(F)F)C(F)(F)C(CCC)=C3. The van der Waals surface area contributed by atoms with Crippen LogP contribution < -0.4 is 0 Å². The molecule has 0 N–H and O–H groups in total. The van der Waals surface area contributed by atoms with Gasteiger partial charge in [-0.2, -0.15) is 17.6 Å². The van der Waals surface area contributed by atoms with Gasteiger partial charge in [0.1, 0.15) is 0 Å². The van der Waals surface area contributed by atoms with Gasteiger partial charge in [0.05, 0.1) is 11.1 Å². The van der Waals surface area contributed by atoms with Crippen LogP contribution in [0.15, 0.2) is 11.1 Å². The van der Waals surface area contributed by atoms with E-state index in [9.17, 15) is 26.3 Å². The highest BCUT2D eigenvalue weighted by molar-refractivity contribution is 5.82. The highest BCUT2D eigenvalue weighted by Crippen LogP contribution is 2.55. The molecule has 0 amide bonds. The summed E-state index contributed by atoms with van der Waals surface area (Å²) in [5.41, 5.74) is -3.61. The Hall–Kier alpha value is -1.72. The zero-order chi connectivity index (χ0) is 17.9. The van der Waals surface area contributed by atoms with Crippen LogP contribution in [0, 0.1) is 11.6 Å². The molecule has 0 atom stereocenters. The average molecular weight is 346 g/mol. The lowest BCUT2D eigenvalue weighted by Gasteiger charge is -2.20. The molecule has 0 spiro atoms. The number of fused-ring (bicyclic) bond motifs is 3. The minimum atomic E-state index is -3.68. The molecule has 0 aliphatic heterocycles. The molecule has 0 nitrogen and oxygen atoms in total. The summed E-state index contributed by atoms with van der Waals surface area (Å²) in [6, 6.07) is 0. The van der Waals surface area contributed by atoms with Gasteiger partial charge in [-0.05, 0) is 36.1 Å². The number of allylic oxidation sites excluding steroid dienone is 2. The van der Waals surface area contributed by atoms with Gasteiger partial charge in [0, 0.05) is 11.1 Å². The molecule has 0 fully saturated rings. The highest BCUT2D eigenvalue weighted by Gasteiger charge is 2.52. The zero-order valence-electron chi connectivity index (χ0n) is 13.3. The van der Waals surface area contributed by atoms with Gasteiger partial charge >= 0.3 is 0 Å². The lowest BCUT2D eigenvalue weighted by atomic mass is 9.94. The summed E-state index contributed by atoms with van der Waals surface area (Å²) in [6.45, 7) is 3.35. The third-order valence-electron chi connectivity index (χ3n) is 4.57. The monoisotopic (exact) mass is 346 g/mol. The van der Waals surface area contributed by atoms with E-state index >= 15 is 0 Å². The minimum Gasteiger partial charge on any atom is -0.203 e. The maximum absolute atomic E-state index is 14.5. The summed E-state index contributed by atoms with van der Waals surface area (Å²) in [6.07, 6.45) is 2.83. The third-order valence-corrected chi connectivity index (χ3v) is 4.57. The van der Waals surface area contributed by atoms with E-state index in [-0.39, 0.29) is 35.1 Å². The van der Waals surface area contributed by atoms with Crippen LogP contribution in [-0.4, -0.2) is 0 Å². The standard InChI is InChI=1S/C18H16F6/c1-3-5-9-7-11-12-8-10(6-4-2)18(23,24)14(12)16(20)15(19)13(11)17(9,21)22/h7-8H,3-6H2,1-2H3. The Morgan fingerprint density at radius 1 is 0.708 bits per heavy atom. The summed E-state index contributed by atoms with van der Waals surface area (Å²) in [5, 5.41) is 0. The highest BCUT2D eigenvalue weighted by atomic mass is 19.3. The molecular weight excluding hydrogens is 330 g/mol. The molecule has 130 valence electrons. The second kappa shape index (κ2) is 5.39. The van der Waals surface area contributed by atoms with Crippen molar-refractivity contribution in [3.63, 3.8) is 0 Å². The first-order valence-corrected chi connectivity index (χ1v) is 7.91. The van der Waals surface area contributed by atoms with Crippen LogP contribution >= 0.6 is 0 Å². The van der Waals surface area contributed by atoms with Crippen molar-refractivity contribution in [2.45, 2.75) is 51.4 Å². The second-order valence-corrected chi connectivity index (χ2v) is 6.19. The Bertz CT molecular complexity index is 705. The average Bonchev–Trinajstić information content (AvgIpc) is 2.90. The van der Waals surface area contributed by atoms with Crippen LogP contribution in [0.4, 0.5) is 26.3 Å². The maximum Gasteiger partial charge on any atom is 0.298 e. The van der Waals surface area contributed by atoms with Crippen molar-refractivity contribution in [2.75, 3.05) is 0 Å². The Kier molecular flexibility index (Phi) is 3.85. The summed E-state index contributed by atoms with van der Waals surface area (Å²) < 4.78 is 86.4. The van der Waals surface area contributed by atoms with Gasteiger partial charge in [-0.15, -0.1) is 0 Å². The molecular formula is C18H16F6. The molecule has 0 unspecified atom stereocenters. The van der Waals surface area contributed by atoms with Crippen molar-refractivity contribution in [3.8, 4) is 0 Å². The van der Waals surface area contributed by atoms with Crippen molar-refractivity contribution in [3.05, 3.63) is 45.0 Å². The van der Waals surface area contributed by atoms with Gasteiger partial charge in [-0.1, -0.05) is 26.7 Å². The normalized spacial score (nSPS) is 19.8. The van der Waals surface area contributed by atoms with E-state index in [1.54, 1.807) is 13.8 Å². The molecule has 2 aliphatic carbocycles. The molecule has 6 heteroatoms. The van der Waals surface area contributed by atoms with Crippen molar-refractivity contribution in [2.24, 2.45) is 0 Å². The van der Waals surface area contributed by atoms with Crippen LogP contribution in [0.5, 0.6) is 0 Å².